The van der Waals surface area contributed by atoms with E-state index < -0.39 is 17.6 Å². The van der Waals surface area contributed by atoms with Crippen LogP contribution in [-0.4, -0.2) is 20.4 Å². The van der Waals surface area contributed by atoms with E-state index in [1.54, 1.807) is 6.92 Å². The number of halogens is 3. The monoisotopic (exact) mass is 494 g/mol. The lowest BCUT2D eigenvalue weighted by molar-refractivity contribution is -0.137. The fraction of sp³-hybridized carbons (Fsp3) is 0.120. The van der Waals surface area contributed by atoms with Crippen LogP contribution < -0.4 is 10.9 Å². The molecule has 0 unspecified atom stereocenters. The molecule has 10 heteroatoms. The standard InChI is InChI=1S/C25H17F3N4O2S/c1-14-29-21-18-11-12-19(15-5-3-2-4-6-15)31-23(18)35-22(21)24(34)32(14)13-20(33)30-17-9-7-16(8-10-17)25(26,27)28/h2-12H,13H2,1H3,(H,30,33). The normalized spacial score (nSPS) is 11.8. The average molecular weight is 494 g/mol. The van der Waals surface area contributed by atoms with Gasteiger partial charge in [0.1, 0.15) is 21.9 Å². The molecule has 0 spiro atoms. The van der Waals surface area contributed by atoms with E-state index in [0.717, 1.165) is 28.8 Å². The first-order chi connectivity index (χ1) is 16.7. The van der Waals surface area contributed by atoms with Crippen LogP contribution in [0.2, 0.25) is 0 Å². The Balaban J connectivity index is 1.45. The number of anilines is 1. The number of carbonyl (C=O) groups is 1. The Labute approximate surface area is 200 Å². The molecule has 5 rings (SSSR count). The van der Waals surface area contributed by atoms with Crippen molar-refractivity contribution in [1.29, 1.82) is 0 Å². The van der Waals surface area contributed by atoms with Crippen LogP contribution in [0.5, 0.6) is 0 Å². The zero-order valence-corrected chi connectivity index (χ0v) is 19.1. The van der Waals surface area contributed by atoms with Gasteiger partial charge in [-0.2, -0.15) is 13.2 Å². The number of hydrogen-bond acceptors (Lipinski definition) is 5. The van der Waals surface area contributed by atoms with Crippen LogP contribution in [0, 0.1) is 6.92 Å². The number of rotatable bonds is 4. The minimum absolute atomic E-state index is 0.197. The molecule has 35 heavy (non-hydrogen) atoms. The topological polar surface area (TPSA) is 76.9 Å². The van der Waals surface area contributed by atoms with Crippen molar-refractivity contribution in [3.8, 4) is 11.3 Å². The van der Waals surface area contributed by atoms with Gasteiger partial charge in [0.15, 0.2) is 0 Å². The molecule has 5 aromatic rings. The number of carbonyl (C=O) groups excluding carboxylic acids is 1. The molecule has 176 valence electrons. The van der Waals surface area contributed by atoms with Crippen molar-refractivity contribution >= 4 is 43.4 Å². The number of nitrogens with zero attached hydrogens (tertiary/aromatic N) is 3. The van der Waals surface area contributed by atoms with Gasteiger partial charge in [0.05, 0.1) is 16.8 Å². The van der Waals surface area contributed by atoms with E-state index in [4.69, 9.17) is 4.98 Å². The molecule has 0 saturated carbocycles. The molecule has 3 heterocycles. The first-order valence-corrected chi connectivity index (χ1v) is 11.4. The van der Waals surface area contributed by atoms with E-state index in [1.165, 1.54) is 28.0 Å². The molecule has 1 amide bonds. The van der Waals surface area contributed by atoms with Crippen LogP contribution in [0.1, 0.15) is 11.4 Å². The molecule has 6 nitrogen and oxygen atoms in total. The van der Waals surface area contributed by atoms with Crippen LogP contribution in [0.3, 0.4) is 0 Å². The van der Waals surface area contributed by atoms with Gasteiger partial charge < -0.3 is 5.32 Å². The molecular weight excluding hydrogens is 477 g/mol. The third kappa shape index (κ3) is 4.40. The summed E-state index contributed by atoms with van der Waals surface area (Å²) in [5, 5.41) is 3.28. The van der Waals surface area contributed by atoms with Gasteiger partial charge in [0.2, 0.25) is 5.91 Å². The lowest BCUT2D eigenvalue weighted by atomic mass is 10.1. The molecule has 3 aromatic heterocycles. The molecule has 0 bridgehead atoms. The maximum atomic E-state index is 13.2. The van der Waals surface area contributed by atoms with E-state index in [0.29, 0.717) is 20.9 Å². The molecule has 0 atom stereocenters. The van der Waals surface area contributed by atoms with Crippen LogP contribution in [0.25, 0.3) is 31.7 Å². The molecule has 0 aliphatic carbocycles. The van der Waals surface area contributed by atoms with Crippen LogP contribution in [0.4, 0.5) is 18.9 Å². The highest BCUT2D eigenvalue weighted by molar-refractivity contribution is 7.25. The minimum Gasteiger partial charge on any atom is -0.325 e. The number of alkyl halides is 3. The summed E-state index contributed by atoms with van der Waals surface area (Å²) < 4.78 is 39.8. The second-order valence-corrected chi connectivity index (χ2v) is 8.87. The van der Waals surface area contributed by atoms with E-state index >= 15 is 0 Å². The number of fused-ring (bicyclic) bond motifs is 3. The number of nitrogens with one attached hydrogen (secondary N) is 1. The third-order valence-corrected chi connectivity index (χ3v) is 6.58. The number of pyridine rings is 1. The molecular formula is C25H17F3N4O2S. The Hall–Kier alpha value is -4.05. The van der Waals surface area contributed by atoms with Crippen molar-refractivity contribution in [3.63, 3.8) is 0 Å². The van der Waals surface area contributed by atoms with Gasteiger partial charge in [-0.15, -0.1) is 11.3 Å². The van der Waals surface area contributed by atoms with Crippen molar-refractivity contribution in [2.24, 2.45) is 0 Å². The summed E-state index contributed by atoms with van der Waals surface area (Å²) in [5.41, 5.74) is 1.26. The molecule has 0 aliphatic rings. The Morgan fingerprint density at radius 1 is 1.00 bits per heavy atom. The van der Waals surface area contributed by atoms with Gasteiger partial charge in [-0.1, -0.05) is 30.3 Å². The first-order valence-electron chi connectivity index (χ1n) is 10.5. The fourth-order valence-corrected chi connectivity index (χ4v) is 4.82. The smallest absolute Gasteiger partial charge is 0.325 e. The largest absolute Gasteiger partial charge is 0.416 e. The maximum absolute atomic E-state index is 13.2. The predicted molar refractivity (Wildman–Crippen MR) is 129 cm³/mol. The second-order valence-electron chi connectivity index (χ2n) is 7.87. The summed E-state index contributed by atoms with van der Waals surface area (Å²) in [6.07, 6.45) is -4.46. The predicted octanol–water partition coefficient (Wildman–Crippen LogP) is 5.64. The van der Waals surface area contributed by atoms with Gasteiger partial charge in [0.25, 0.3) is 5.56 Å². The van der Waals surface area contributed by atoms with Crippen LogP contribution >= 0.6 is 11.3 Å². The first kappa shape index (κ1) is 22.7. The van der Waals surface area contributed by atoms with E-state index in [9.17, 15) is 22.8 Å². The highest BCUT2D eigenvalue weighted by Gasteiger charge is 2.30. The van der Waals surface area contributed by atoms with Gasteiger partial charge in [-0.25, -0.2) is 9.97 Å². The van der Waals surface area contributed by atoms with E-state index in [-0.39, 0.29) is 17.8 Å². The van der Waals surface area contributed by atoms with Crippen LogP contribution in [-0.2, 0) is 17.5 Å². The van der Waals surface area contributed by atoms with Gasteiger partial charge in [0, 0.05) is 16.6 Å². The zero-order valence-electron chi connectivity index (χ0n) is 18.3. The third-order valence-electron chi connectivity index (χ3n) is 5.50. The average Bonchev–Trinajstić information content (AvgIpc) is 3.20. The van der Waals surface area contributed by atoms with Crippen molar-refractivity contribution in [2.75, 3.05) is 5.32 Å². The summed E-state index contributed by atoms with van der Waals surface area (Å²) >= 11 is 1.21. The van der Waals surface area contributed by atoms with Gasteiger partial charge in [-0.3, -0.25) is 14.2 Å². The highest BCUT2D eigenvalue weighted by Crippen LogP contribution is 2.32. The molecule has 0 fully saturated rings. The van der Waals surface area contributed by atoms with Crippen molar-refractivity contribution in [3.05, 3.63) is 88.5 Å². The number of hydrogen-bond donors (Lipinski definition) is 1. The van der Waals surface area contributed by atoms with Crippen molar-refractivity contribution in [1.82, 2.24) is 14.5 Å². The molecule has 2 aromatic carbocycles. The number of benzene rings is 2. The van der Waals surface area contributed by atoms with Gasteiger partial charge >= 0.3 is 6.18 Å². The van der Waals surface area contributed by atoms with Crippen molar-refractivity contribution < 1.29 is 18.0 Å². The summed E-state index contributed by atoms with van der Waals surface area (Å²) in [5.74, 6) is -0.210. The zero-order chi connectivity index (χ0) is 24.7. The Morgan fingerprint density at radius 2 is 1.71 bits per heavy atom. The number of thiophene rings is 1. The quantitative estimate of drug-likeness (QED) is 0.351. The highest BCUT2D eigenvalue weighted by atomic mass is 32.1. The number of amides is 1. The Morgan fingerprint density at radius 3 is 2.40 bits per heavy atom. The van der Waals surface area contributed by atoms with E-state index in [1.807, 2.05) is 42.5 Å². The summed E-state index contributed by atoms with van der Waals surface area (Å²) in [6, 6.07) is 17.5. The van der Waals surface area contributed by atoms with E-state index in [2.05, 4.69) is 10.3 Å². The fourth-order valence-electron chi connectivity index (χ4n) is 3.76. The molecule has 0 saturated heterocycles. The van der Waals surface area contributed by atoms with Crippen molar-refractivity contribution in [2.45, 2.75) is 19.6 Å². The second kappa shape index (κ2) is 8.62. The molecule has 0 radical (unpaired) electrons. The molecule has 1 N–H and O–H groups in total. The minimum atomic E-state index is -4.46. The lowest BCUT2D eigenvalue weighted by Gasteiger charge is -2.11. The summed E-state index contributed by atoms with van der Waals surface area (Å²) in [4.78, 5) is 35.7. The summed E-state index contributed by atoms with van der Waals surface area (Å²) in [7, 11) is 0. The Bertz CT molecular complexity index is 1630. The molecule has 0 aliphatic heterocycles. The number of aryl methyl sites for hydroxylation is 1. The SMILES string of the molecule is Cc1nc2c(sc3nc(-c4ccccc4)ccc32)c(=O)n1CC(=O)Nc1ccc(C(F)(F)F)cc1. The van der Waals surface area contributed by atoms with Crippen LogP contribution in [0.15, 0.2) is 71.5 Å². The summed E-state index contributed by atoms with van der Waals surface area (Å²) in [6.45, 7) is 1.30. The van der Waals surface area contributed by atoms with Gasteiger partial charge in [-0.05, 0) is 43.3 Å². The lowest BCUT2D eigenvalue weighted by Crippen LogP contribution is -2.29. The Kier molecular flexibility index (Phi) is 5.60. The number of aromatic nitrogens is 3. The maximum Gasteiger partial charge on any atom is 0.416 e.